The number of halogens is 3. The van der Waals surface area contributed by atoms with E-state index in [1.54, 1.807) is 23.7 Å². The molecular weight excluding hydrogens is 382 g/mol. The number of hydrogen-bond acceptors (Lipinski definition) is 5. The maximum Gasteiger partial charge on any atom is 0.285 e. The van der Waals surface area contributed by atoms with Crippen LogP contribution in [0.5, 0.6) is 0 Å². The number of benzene rings is 1. The van der Waals surface area contributed by atoms with Gasteiger partial charge in [0.2, 0.25) is 0 Å². The van der Waals surface area contributed by atoms with E-state index < -0.39 is 5.56 Å². The molecule has 3 rings (SSSR count). The van der Waals surface area contributed by atoms with Crippen molar-refractivity contribution < 1.29 is 4.39 Å². The summed E-state index contributed by atoms with van der Waals surface area (Å²) in [6, 6.07) is 6.09. The lowest BCUT2D eigenvalue weighted by Gasteiger charge is -2.03. The molecule has 0 aliphatic rings. The molecule has 0 amide bonds. The van der Waals surface area contributed by atoms with Gasteiger partial charge in [-0.15, -0.1) is 0 Å². The van der Waals surface area contributed by atoms with Gasteiger partial charge < -0.3 is 0 Å². The number of aromatic amines is 1. The molecule has 7 nitrogen and oxygen atoms in total. The quantitative estimate of drug-likeness (QED) is 0.513. The molecular formula is C16H13Cl2FN6O. The smallest absolute Gasteiger partial charge is 0.275 e. The number of hydrazone groups is 1. The highest BCUT2D eigenvalue weighted by molar-refractivity contribution is 6.33. The van der Waals surface area contributed by atoms with Crippen molar-refractivity contribution in [3.8, 4) is 0 Å². The van der Waals surface area contributed by atoms with E-state index in [0.29, 0.717) is 23.0 Å². The first-order chi connectivity index (χ1) is 12.5. The zero-order valence-corrected chi connectivity index (χ0v) is 15.0. The largest absolute Gasteiger partial charge is 0.285 e. The van der Waals surface area contributed by atoms with Crippen LogP contribution >= 0.6 is 23.2 Å². The van der Waals surface area contributed by atoms with E-state index in [0.717, 1.165) is 5.56 Å². The third kappa shape index (κ3) is 3.92. The van der Waals surface area contributed by atoms with E-state index in [9.17, 15) is 9.18 Å². The second-order valence-corrected chi connectivity index (χ2v) is 6.11. The van der Waals surface area contributed by atoms with Crippen LogP contribution in [-0.2, 0) is 6.54 Å². The topological polar surface area (TPSA) is 88.0 Å². The minimum Gasteiger partial charge on any atom is -0.275 e. The van der Waals surface area contributed by atoms with Crippen LogP contribution in [0.15, 0.2) is 40.4 Å². The second-order valence-electron chi connectivity index (χ2n) is 5.37. The van der Waals surface area contributed by atoms with Gasteiger partial charge in [0, 0.05) is 0 Å². The van der Waals surface area contributed by atoms with E-state index in [4.69, 9.17) is 23.2 Å². The van der Waals surface area contributed by atoms with Crippen molar-refractivity contribution in [2.45, 2.75) is 13.5 Å². The molecule has 1 aromatic carbocycles. The SMILES string of the molecule is Cc1nn(Cc2ccc(F)cc2)c(Cl)c1/C=N\Nc1cn[nH]c(=O)c1Cl. The summed E-state index contributed by atoms with van der Waals surface area (Å²) in [7, 11) is 0. The Kier molecular flexibility index (Phi) is 5.34. The molecule has 134 valence electrons. The molecule has 2 aromatic heterocycles. The van der Waals surface area contributed by atoms with Gasteiger partial charge in [-0.05, 0) is 24.6 Å². The van der Waals surface area contributed by atoms with Crippen LogP contribution in [-0.4, -0.2) is 26.2 Å². The maximum atomic E-state index is 13.0. The van der Waals surface area contributed by atoms with E-state index >= 15 is 0 Å². The van der Waals surface area contributed by atoms with Crippen LogP contribution in [0.25, 0.3) is 0 Å². The summed E-state index contributed by atoms with van der Waals surface area (Å²) < 4.78 is 14.6. The number of nitrogens with zero attached hydrogens (tertiary/aromatic N) is 4. The van der Waals surface area contributed by atoms with Crippen molar-refractivity contribution >= 4 is 35.1 Å². The van der Waals surface area contributed by atoms with E-state index in [-0.39, 0.29) is 16.5 Å². The molecule has 0 unspecified atom stereocenters. The second kappa shape index (κ2) is 7.67. The van der Waals surface area contributed by atoms with Crippen molar-refractivity contribution in [3.05, 3.63) is 73.6 Å². The lowest BCUT2D eigenvalue weighted by molar-refractivity contribution is 0.624. The first-order valence-electron chi connectivity index (χ1n) is 7.45. The standard InChI is InChI=1S/C16H13Cl2FN6O/c1-9-12(6-20-22-13-7-21-23-16(26)14(13)17)15(18)25(24-9)8-10-2-4-11(19)5-3-10/h2-7H,8H2,1H3,(H2,22,23,26)/b20-6-. The van der Waals surface area contributed by atoms with Crippen molar-refractivity contribution in [1.82, 2.24) is 20.0 Å². The van der Waals surface area contributed by atoms with Gasteiger partial charge in [-0.2, -0.15) is 15.3 Å². The average Bonchev–Trinajstić information content (AvgIpc) is 2.88. The summed E-state index contributed by atoms with van der Waals surface area (Å²) in [5.74, 6) is -0.303. The zero-order chi connectivity index (χ0) is 18.7. The van der Waals surface area contributed by atoms with Gasteiger partial charge >= 0.3 is 0 Å². The molecule has 3 aromatic rings. The minimum absolute atomic E-state index is 0.0491. The van der Waals surface area contributed by atoms with Gasteiger partial charge in [-0.3, -0.25) is 10.2 Å². The Morgan fingerprint density at radius 3 is 2.81 bits per heavy atom. The normalized spacial score (nSPS) is 11.2. The number of rotatable bonds is 5. The Balaban J connectivity index is 1.78. The molecule has 26 heavy (non-hydrogen) atoms. The van der Waals surface area contributed by atoms with E-state index in [1.165, 1.54) is 24.5 Å². The van der Waals surface area contributed by atoms with Gasteiger partial charge in [0.05, 0.1) is 30.2 Å². The van der Waals surface area contributed by atoms with Crippen molar-refractivity contribution in [1.29, 1.82) is 0 Å². The lowest BCUT2D eigenvalue weighted by atomic mass is 10.2. The maximum absolute atomic E-state index is 13.0. The molecule has 0 bridgehead atoms. The predicted octanol–water partition coefficient (Wildman–Crippen LogP) is 3.22. The fourth-order valence-electron chi connectivity index (χ4n) is 2.21. The molecule has 10 heteroatoms. The minimum atomic E-state index is -0.520. The zero-order valence-electron chi connectivity index (χ0n) is 13.5. The number of hydrogen-bond donors (Lipinski definition) is 2. The Labute approximate surface area is 157 Å². The van der Waals surface area contributed by atoms with Gasteiger partial charge in [0.15, 0.2) is 0 Å². The van der Waals surface area contributed by atoms with Gasteiger partial charge in [0.1, 0.15) is 21.7 Å². The molecule has 2 heterocycles. The highest BCUT2D eigenvalue weighted by Crippen LogP contribution is 2.20. The van der Waals surface area contributed by atoms with Crippen LogP contribution in [0, 0.1) is 12.7 Å². The number of aromatic nitrogens is 4. The summed E-state index contributed by atoms with van der Waals surface area (Å²) >= 11 is 12.2. The van der Waals surface area contributed by atoms with Gasteiger partial charge in [-0.25, -0.2) is 14.2 Å². The first kappa shape index (κ1) is 18.1. The molecule has 2 N–H and O–H groups in total. The fraction of sp³-hybridized carbons (Fsp3) is 0.125. The van der Waals surface area contributed by atoms with Crippen molar-refractivity contribution in [3.63, 3.8) is 0 Å². The third-order valence-corrected chi connectivity index (χ3v) is 4.30. The first-order valence-corrected chi connectivity index (χ1v) is 8.21. The van der Waals surface area contributed by atoms with Crippen LogP contribution in [0.3, 0.4) is 0 Å². The molecule has 0 spiro atoms. The Bertz CT molecular complexity index is 1010. The van der Waals surface area contributed by atoms with Crippen LogP contribution in [0.1, 0.15) is 16.8 Å². The molecule has 0 fully saturated rings. The number of anilines is 1. The molecule has 0 aliphatic heterocycles. The van der Waals surface area contributed by atoms with Gasteiger partial charge in [-0.1, -0.05) is 35.3 Å². The summed E-state index contributed by atoms with van der Waals surface area (Å²) in [6.07, 6.45) is 2.82. The monoisotopic (exact) mass is 394 g/mol. The van der Waals surface area contributed by atoms with E-state index in [1.807, 2.05) is 0 Å². The highest BCUT2D eigenvalue weighted by Gasteiger charge is 2.12. The van der Waals surface area contributed by atoms with Crippen LogP contribution in [0.4, 0.5) is 10.1 Å². The van der Waals surface area contributed by atoms with Gasteiger partial charge in [0.25, 0.3) is 5.56 Å². The highest BCUT2D eigenvalue weighted by atomic mass is 35.5. The van der Waals surface area contributed by atoms with Crippen molar-refractivity contribution in [2.75, 3.05) is 5.43 Å². The fourth-order valence-corrected chi connectivity index (χ4v) is 2.63. The Hall–Kier alpha value is -2.71. The summed E-state index contributed by atoms with van der Waals surface area (Å²) in [6.45, 7) is 2.18. The predicted molar refractivity (Wildman–Crippen MR) is 98.6 cm³/mol. The molecule has 0 radical (unpaired) electrons. The van der Waals surface area contributed by atoms with Crippen LogP contribution in [0.2, 0.25) is 10.2 Å². The van der Waals surface area contributed by atoms with Crippen LogP contribution < -0.4 is 11.0 Å². The number of nitrogens with one attached hydrogen (secondary N) is 2. The molecule has 0 saturated carbocycles. The summed E-state index contributed by atoms with van der Waals surface area (Å²) in [5, 5.41) is 14.6. The van der Waals surface area contributed by atoms with Crippen molar-refractivity contribution in [2.24, 2.45) is 5.10 Å². The van der Waals surface area contributed by atoms with E-state index in [2.05, 4.69) is 25.8 Å². The molecule has 0 saturated heterocycles. The Morgan fingerprint density at radius 2 is 2.08 bits per heavy atom. The lowest BCUT2D eigenvalue weighted by Crippen LogP contribution is -2.10. The average molecular weight is 395 g/mol. The Morgan fingerprint density at radius 1 is 1.35 bits per heavy atom. The molecule has 0 aliphatic carbocycles. The third-order valence-electron chi connectivity index (χ3n) is 3.53. The summed E-state index contributed by atoms with van der Waals surface area (Å²) in [4.78, 5) is 11.4. The summed E-state index contributed by atoms with van der Waals surface area (Å²) in [5.41, 5.74) is 4.51. The molecule has 0 atom stereocenters. The number of H-pyrrole nitrogens is 1. The number of aryl methyl sites for hydroxylation is 1.